The Hall–Kier alpha value is -1.29. The van der Waals surface area contributed by atoms with Crippen LogP contribution in [0.15, 0.2) is 10.5 Å². The second-order valence-electron chi connectivity index (χ2n) is 5.61. The third kappa shape index (κ3) is 2.43. The second-order valence-corrected chi connectivity index (χ2v) is 5.61. The van der Waals surface area contributed by atoms with Crippen LogP contribution in [0.3, 0.4) is 0 Å². The molecule has 1 heterocycles. The molecule has 1 aromatic heterocycles. The summed E-state index contributed by atoms with van der Waals surface area (Å²) in [5, 5.41) is 12.5. The highest BCUT2D eigenvalue weighted by Gasteiger charge is 2.41. The van der Waals surface area contributed by atoms with Gasteiger partial charge in [-0.05, 0) is 50.5 Å². The Kier molecular flexibility index (Phi) is 2.90. The number of furan rings is 1. The topological polar surface area (TPSA) is 62.5 Å². The Morgan fingerprint density at radius 3 is 2.50 bits per heavy atom. The number of rotatable bonds is 6. The molecule has 98 valence electrons. The van der Waals surface area contributed by atoms with Gasteiger partial charge in [0.15, 0.2) is 0 Å². The minimum absolute atomic E-state index is 0.0705. The van der Waals surface area contributed by atoms with Crippen molar-refractivity contribution in [2.45, 2.75) is 45.2 Å². The van der Waals surface area contributed by atoms with E-state index >= 15 is 0 Å². The van der Waals surface area contributed by atoms with Gasteiger partial charge in [0.2, 0.25) is 5.76 Å². The zero-order chi connectivity index (χ0) is 12.7. The van der Waals surface area contributed by atoms with Crippen molar-refractivity contribution in [2.24, 2.45) is 11.8 Å². The molecule has 2 N–H and O–H groups in total. The number of carboxylic acid groups (broad SMARTS) is 1. The first-order chi connectivity index (χ1) is 8.65. The summed E-state index contributed by atoms with van der Waals surface area (Å²) in [7, 11) is 0. The molecule has 2 saturated carbocycles. The van der Waals surface area contributed by atoms with E-state index in [1.54, 1.807) is 6.92 Å². The van der Waals surface area contributed by atoms with E-state index in [2.05, 4.69) is 5.32 Å². The first-order valence-electron chi connectivity index (χ1n) is 6.71. The van der Waals surface area contributed by atoms with Crippen molar-refractivity contribution in [1.29, 1.82) is 0 Å². The van der Waals surface area contributed by atoms with Crippen LogP contribution in [0.1, 0.15) is 47.6 Å². The van der Waals surface area contributed by atoms with Crippen molar-refractivity contribution >= 4 is 5.97 Å². The highest BCUT2D eigenvalue weighted by molar-refractivity contribution is 5.86. The highest BCUT2D eigenvalue weighted by Crippen LogP contribution is 2.44. The fourth-order valence-corrected chi connectivity index (χ4v) is 2.69. The third-order valence-electron chi connectivity index (χ3n) is 3.93. The number of hydrogen-bond donors (Lipinski definition) is 2. The minimum atomic E-state index is -0.986. The maximum atomic E-state index is 10.9. The molecule has 2 aliphatic carbocycles. The molecule has 2 fully saturated rings. The molecule has 4 nitrogen and oxygen atoms in total. The number of carboxylic acids is 1. The summed E-state index contributed by atoms with van der Waals surface area (Å²) in [5.74, 6) is 1.50. The zero-order valence-corrected chi connectivity index (χ0v) is 10.6. The van der Waals surface area contributed by atoms with Gasteiger partial charge >= 0.3 is 5.97 Å². The van der Waals surface area contributed by atoms with Gasteiger partial charge in [-0.3, -0.25) is 0 Å². The Balaban J connectivity index is 1.61. The van der Waals surface area contributed by atoms with Crippen molar-refractivity contribution < 1.29 is 14.3 Å². The fraction of sp³-hybridized carbons (Fsp3) is 0.643. The lowest BCUT2D eigenvalue weighted by molar-refractivity contribution is 0.0659. The van der Waals surface area contributed by atoms with E-state index in [0.29, 0.717) is 18.2 Å². The van der Waals surface area contributed by atoms with Crippen molar-refractivity contribution in [3.8, 4) is 0 Å². The first kappa shape index (κ1) is 11.8. The molecule has 3 rings (SSSR count). The summed E-state index contributed by atoms with van der Waals surface area (Å²) in [6.45, 7) is 2.42. The summed E-state index contributed by atoms with van der Waals surface area (Å²) >= 11 is 0. The van der Waals surface area contributed by atoms with Crippen molar-refractivity contribution in [1.82, 2.24) is 5.32 Å². The molecule has 0 aliphatic heterocycles. The van der Waals surface area contributed by atoms with E-state index in [1.807, 2.05) is 6.07 Å². The molecular weight excluding hydrogens is 230 g/mol. The summed E-state index contributed by atoms with van der Waals surface area (Å²) in [4.78, 5) is 10.9. The van der Waals surface area contributed by atoms with Gasteiger partial charge in [0, 0.05) is 11.6 Å². The lowest BCUT2D eigenvalue weighted by Crippen LogP contribution is -2.32. The summed E-state index contributed by atoms with van der Waals surface area (Å²) in [6, 6.07) is 2.44. The smallest absolute Gasteiger partial charge is 0.372 e. The molecule has 2 aliphatic rings. The van der Waals surface area contributed by atoms with Crippen LogP contribution in [-0.2, 0) is 6.54 Å². The van der Waals surface area contributed by atoms with Gasteiger partial charge in [-0.2, -0.15) is 0 Å². The summed E-state index contributed by atoms with van der Waals surface area (Å²) < 4.78 is 5.36. The van der Waals surface area contributed by atoms with Crippen molar-refractivity contribution in [3.05, 3.63) is 23.2 Å². The van der Waals surface area contributed by atoms with E-state index in [4.69, 9.17) is 9.52 Å². The SMILES string of the molecule is Cc1cc(CNC(C2CC2)C2CC2)oc1C(=O)O. The minimum Gasteiger partial charge on any atom is -0.475 e. The molecule has 0 aromatic carbocycles. The van der Waals surface area contributed by atoms with E-state index < -0.39 is 5.97 Å². The maximum absolute atomic E-state index is 10.9. The van der Waals surface area contributed by atoms with Crippen molar-refractivity contribution in [3.63, 3.8) is 0 Å². The second kappa shape index (κ2) is 4.43. The molecule has 1 aromatic rings. The van der Waals surface area contributed by atoms with Gasteiger partial charge in [-0.25, -0.2) is 4.79 Å². The van der Waals surface area contributed by atoms with E-state index in [-0.39, 0.29) is 5.76 Å². The number of aryl methyl sites for hydroxylation is 1. The average Bonchev–Trinajstić information content (AvgIpc) is 3.19. The Labute approximate surface area is 106 Å². The number of aromatic carboxylic acids is 1. The monoisotopic (exact) mass is 249 g/mol. The summed E-state index contributed by atoms with van der Waals surface area (Å²) in [6.07, 6.45) is 5.36. The Morgan fingerprint density at radius 1 is 1.44 bits per heavy atom. The lowest BCUT2D eigenvalue weighted by atomic mass is 10.1. The zero-order valence-electron chi connectivity index (χ0n) is 10.6. The van der Waals surface area contributed by atoms with Crippen LogP contribution in [0.2, 0.25) is 0 Å². The van der Waals surface area contributed by atoms with Gasteiger partial charge in [0.05, 0.1) is 6.54 Å². The average molecular weight is 249 g/mol. The number of nitrogens with one attached hydrogen (secondary N) is 1. The third-order valence-corrected chi connectivity index (χ3v) is 3.93. The predicted octanol–water partition coefficient (Wildman–Crippen LogP) is 2.56. The number of hydrogen-bond acceptors (Lipinski definition) is 3. The molecule has 0 unspecified atom stereocenters. The molecule has 0 atom stereocenters. The quantitative estimate of drug-likeness (QED) is 0.813. The van der Waals surface area contributed by atoms with Crippen LogP contribution < -0.4 is 5.32 Å². The largest absolute Gasteiger partial charge is 0.475 e. The van der Waals surface area contributed by atoms with Crippen LogP contribution >= 0.6 is 0 Å². The van der Waals surface area contributed by atoms with E-state index in [9.17, 15) is 4.79 Å². The molecule has 18 heavy (non-hydrogen) atoms. The highest BCUT2D eigenvalue weighted by atomic mass is 16.4. The van der Waals surface area contributed by atoms with Gasteiger partial charge in [-0.15, -0.1) is 0 Å². The van der Waals surface area contributed by atoms with E-state index in [0.717, 1.165) is 17.6 Å². The summed E-state index contributed by atoms with van der Waals surface area (Å²) in [5.41, 5.74) is 0.702. The Morgan fingerprint density at radius 2 is 2.06 bits per heavy atom. The van der Waals surface area contributed by atoms with Gasteiger partial charge < -0.3 is 14.8 Å². The molecule has 0 bridgehead atoms. The van der Waals surface area contributed by atoms with Crippen LogP contribution in [0.25, 0.3) is 0 Å². The fourth-order valence-electron chi connectivity index (χ4n) is 2.69. The van der Waals surface area contributed by atoms with Crippen LogP contribution in [0.4, 0.5) is 0 Å². The predicted molar refractivity (Wildman–Crippen MR) is 66.5 cm³/mol. The first-order valence-corrected chi connectivity index (χ1v) is 6.71. The maximum Gasteiger partial charge on any atom is 0.372 e. The van der Waals surface area contributed by atoms with E-state index in [1.165, 1.54) is 25.7 Å². The standard InChI is InChI=1S/C14H19NO3/c1-8-6-11(18-13(8)14(16)17)7-15-12(9-2-3-9)10-4-5-10/h6,9-10,12,15H,2-5,7H2,1H3,(H,16,17). The molecular formula is C14H19NO3. The molecule has 0 amide bonds. The number of carbonyl (C=O) groups is 1. The van der Waals surface area contributed by atoms with Gasteiger partial charge in [-0.1, -0.05) is 0 Å². The Bertz CT molecular complexity index is 446. The van der Waals surface area contributed by atoms with Gasteiger partial charge in [0.1, 0.15) is 5.76 Å². The van der Waals surface area contributed by atoms with Crippen LogP contribution in [0.5, 0.6) is 0 Å². The van der Waals surface area contributed by atoms with Gasteiger partial charge in [0.25, 0.3) is 0 Å². The molecule has 0 spiro atoms. The molecule has 4 heteroatoms. The normalized spacial score (nSPS) is 19.4. The van der Waals surface area contributed by atoms with Crippen LogP contribution in [-0.4, -0.2) is 17.1 Å². The lowest BCUT2D eigenvalue weighted by Gasteiger charge is -2.16. The van der Waals surface area contributed by atoms with Crippen molar-refractivity contribution in [2.75, 3.05) is 0 Å². The van der Waals surface area contributed by atoms with Crippen LogP contribution in [0, 0.1) is 18.8 Å². The molecule has 0 radical (unpaired) electrons. The molecule has 0 saturated heterocycles.